The summed E-state index contributed by atoms with van der Waals surface area (Å²) >= 11 is 0. The zero-order valence-electron chi connectivity index (χ0n) is 11.2. The first-order valence-corrected chi connectivity index (χ1v) is 6.66. The molecule has 0 radical (unpaired) electrons. The molecule has 0 amide bonds. The highest BCUT2D eigenvalue weighted by atomic mass is 16.6. The molecule has 0 bridgehead atoms. The SMILES string of the molecule is O=C1CCc2cc(OCc3cccc([N+](=O)[O-])c3)ccc21. The Balaban J connectivity index is 1.72. The van der Waals surface area contributed by atoms with E-state index in [1.54, 1.807) is 24.3 Å². The highest BCUT2D eigenvalue weighted by Crippen LogP contribution is 2.26. The van der Waals surface area contributed by atoms with Gasteiger partial charge in [0.05, 0.1) is 4.92 Å². The van der Waals surface area contributed by atoms with Crippen molar-refractivity contribution in [3.05, 3.63) is 69.3 Å². The van der Waals surface area contributed by atoms with Crippen LogP contribution in [-0.4, -0.2) is 10.7 Å². The van der Waals surface area contributed by atoms with Crippen LogP contribution in [0.2, 0.25) is 0 Å². The number of nitro benzene ring substituents is 1. The molecule has 0 aromatic heterocycles. The molecule has 0 saturated carbocycles. The van der Waals surface area contributed by atoms with Gasteiger partial charge in [0.15, 0.2) is 5.78 Å². The molecule has 0 fully saturated rings. The highest BCUT2D eigenvalue weighted by Gasteiger charge is 2.19. The minimum Gasteiger partial charge on any atom is -0.489 e. The number of benzene rings is 2. The maximum Gasteiger partial charge on any atom is 0.269 e. The largest absolute Gasteiger partial charge is 0.489 e. The van der Waals surface area contributed by atoms with E-state index in [1.807, 2.05) is 6.07 Å². The Labute approximate surface area is 121 Å². The number of nitrogens with zero attached hydrogens (tertiary/aromatic N) is 1. The van der Waals surface area contributed by atoms with Crippen molar-refractivity contribution >= 4 is 11.5 Å². The van der Waals surface area contributed by atoms with Crippen molar-refractivity contribution in [3.8, 4) is 5.75 Å². The Morgan fingerprint density at radius 3 is 2.81 bits per heavy atom. The van der Waals surface area contributed by atoms with E-state index in [1.165, 1.54) is 12.1 Å². The number of hydrogen-bond donors (Lipinski definition) is 0. The number of ketones is 1. The van der Waals surface area contributed by atoms with E-state index >= 15 is 0 Å². The summed E-state index contributed by atoms with van der Waals surface area (Å²) in [5.41, 5.74) is 2.57. The number of rotatable bonds is 4. The summed E-state index contributed by atoms with van der Waals surface area (Å²) in [5.74, 6) is 0.852. The van der Waals surface area contributed by atoms with Crippen LogP contribution in [0.5, 0.6) is 5.75 Å². The first kappa shape index (κ1) is 13.3. The molecule has 1 aliphatic rings. The number of hydrogen-bond acceptors (Lipinski definition) is 4. The van der Waals surface area contributed by atoms with Gasteiger partial charge in [0, 0.05) is 24.1 Å². The third-order valence-electron chi connectivity index (χ3n) is 3.53. The Bertz CT molecular complexity index is 724. The van der Waals surface area contributed by atoms with Crippen LogP contribution >= 0.6 is 0 Å². The van der Waals surface area contributed by atoms with Gasteiger partial charge < -0.3 is 4.74 Å². The molecule has 1 aliphatic carbocycles. The lowest BCUT2D eigenvalue weighted by Gasteiger charge is -2.08. The first-order chi connectivity index (χ1) is 10.1. The molecule has 3 rings (SSSR count). The van der Waals surface area contributed by atoms with Crippen molar-refractivity contribution in [1.29, 1.82) is 0 Å². The summed E-state index contributed by atoms with van der Waals surface area (Å²) in [4.78, 5) is 21.8. The summed E-state index contributed by atoms with van der Waals surface area (Å²) in [7, 11) is 0. The van der Waals surface area contributed by atoms with Gasteiger partial charge in [0.2, 0.25) is 0 Å². The van der Waals surface area contributed by atoms with E-state index in [9.17, 15) is 14.9 Å². The third-order valence-corrected chi connectivity index (χ3v) is 3.53. The fourth-order valence-electron chi connectivity index (χ4n) is 2.45. The van der Waals surface area contributed by atoms with E-state index in [0.717, 1.165) is 23.1 Å². The predicted octanol–water partition coefficient (Wildman–Crippen LogP) is 3.30. The Morgan fingerprint density at radius 2 is 2.00 bits per heavy atom. The van der Waals surface area contributed by atoms with E-state index in [0.29, 0.717) is 12.2 Å². The third kappa shape index (κ3) is 2.76. The van der Waals surface area contributed by atoms with Crippen LogP contribution < -0.4 is 4.74 Å². The van der Waals surface area contributed by atoms with Crippen LogP contribution in [0.15, 0.2) is 42.5 Å². The van der Waals surface area contributed by atoms with Gasteiger partial charge >= 0.3 is 0 Å². The molecule has 0 heterocycles. The molecule has 0 aliphatic heterocycles. The monoisotopic (exact) mass is 283 g/mol. The topological polar surface area (TPSA) is 69.4 Å². The zero-order valence-corrected chi connectivity index (χ0v) is 11.2. The fourth-order valence-corrected chi connectivity index (χ4v) is 2.45. The van der Waals surface area contributed by atoms with Crippen LogP contribution in [-0.2, 0) is 13.0 Å². The predicted molar refractivity (Wildman–Crippen MR) is 76.5 cm³/mol. The molecular formula is C16H13NO4. The number of aryl methyl sites for hydroxylation is 1. The fraction of sp³-hybridized carbons (Fsp3) is 0.188. The normalized spacial score (nSPS) is 13.0. The molecule has 21 heavy (non-hydrogen) atoms. The molecule has 0 unspecified atom stereocenters. The minimum absolute atomic E-state index is 0.0515. The molecule has 2 aromatic rings. The summed E-state index contributed by atoms with van der Waals surface area (Å²) < 4.78 is 5.65. The van der Waals surface area contributed by atoms with Crippen molar-refractivity contribution in [3.63, 3.8) is 0 Å². The maximum absolute atomic E-state index is 11.6. The van der Waals surface area contributed by atoms with Gasteiger partial charge in [-0.05, 0) is 35.7 Å². The van der Waals surface area contributed by atoms with E-state index in [-0.39, 0.29) is 18.1 Å². The number of carbonyl (C=O) groups is 1. The zero-order chi connectivity index (χ0) is 14.8. The average molecular weight is 283 g/mol. The second-order valence-electron chi connectivity index (χ2n) is 4.96. The lowest BCUT2D eigenvalue weighted by molar-refractivity contribution is -0.384. The summed E-state index contributed by atoms with van der Waals surface area (Å²) in [5, 5.41) is 10.7. The van der Waals surface area contributed by atoms with Crippen LogP contribution in [0.25, 0.3) is 0 Å². The number of Topliss-reactive ketones (excluding diaryl/α,β-unsaturated/α-hetero) is 1. The molecule has 2 aromatic carbocycles. The van der Waals surface area contributed by atoms with Gasteiger partial charge in [-0.2, -0.15) is 0 Å². The van der Waals surface area contributed by atoms with Gasteiger partial charge in [0.25, 0.3) is 5.69 Å². The quantitative estimate of drug-likeness (QED) is 0.637. The molecule has 0 saturated heterocycles. The average Bonchev–Trinajstić information content (AvgIpc) is 2.86. The van der Waals surface area contributed by atoms with Crippen LogP contribution in [0, 0.1) is 10.1 Å². The Kier molecular flexibility index (Phi) is 3.39. The Morgan fingerprint density at radius 1 is 1.14 bits per heavy atom. The van der Waals surface area contributed by atoms with Gasteiger partial charge in [-0.1, -0.05) is 12.1 Å². The standard InChI is InChI=1S/C16H13NO4/c18-16-7-4-12-9-14(5-6-15(12)16)21-10-11-2-1-3-13(8-11)17(19)20/h1-3,5-6,8-9H,4,7,10H2. The number of carbonyl (C=O) groups excluding carboxylic acids is 1. The molecule has 0 N–H and O–H groups in total. The van der Waals surface area contributed by atoms with Crippen LogP contribution in [0.1, 0.15) is 27.9 Å². The van der Waals surface area contributed by atoms with Gasteiger partial charge in [-0.3, -0.25) is 14.9 Å². The van der Waals surface area contributed by atoms with Gasteiger partial charge in [-0.15, -0.1) is 0 Å². The van der Waals surface area contributed by atoms with Crippen molar-refractivity contribution in [2.75, 3.05) is 0 Å². The number of non-ortho nitro benzene ring substituents is 1. The molecule has 5 heteroatoms. The maximum atomic E-state index is 11.6. The van der Waals surface area contributed by atoms with Crippen molar-refractivity contribution < 1.29 is 14.5 Å². The van der Waals surface area contributed by atoms with E-state index < -0.39 is 4.92 Å². The second kappa shape index (κ2) is 5.36. The van der Waals surface area contributed by atoms with Crippen LogP contribution in [0.3, 0.4) is 0 Å². The summed E-state index contributed by atoms with van der Waals surface area (Å²) in [6, 6.07) is 11.8. The van der Waals surface area contributed by atoms with Crippen molar-refractivity contribution in [1.82, 2.24) is 0 Å². The summed E-state index contributed by atoms with van der Waals surface area (Å²) in [6.07, 6.45) is 1.31. The van der Waals surface area contributed by atoms with Crippen molar-refractivity contribution in [2.24, 2.45) is 0 Å². The number of nitro groups is 1. The number of fused-ring (bicyclic) bond motifs is 1. The van der Waals surface area contributed by atoms with Gasteiger partial charge in [-0.25, -0.2) is 0 Å². The smallest absolute Gasteiger partial charge is 0.269 e. The lowest BCUT2D eigenvalue weighted by atomic mass is 10.1. The highest BCUT2D eigenvalue weighted by molar-refractivity contribution is 6.00. The van der Waals surface area contributed by atoms with Gasteiger partial charge in [0.1, 0.15) is 12.4 Å². The van der Waals surface area contributed by atoms with Crippen molar-refractivity contribution in [2.45, 2.75) is 19.4 Å². The van der Waals surface area contributed by atoms with E-state index in [2.05, 4.69) is 0 Å². The molecular weight excluding hydrogens is 270 g/mol. The Hall–Kier alpha value is -2.69. The van der Waals surface area contributed by atoms with E-state index in [4.69, 9.17) is 4.74 Å². The molecule has 0 spiro atoms. The lowest BCUT2D eigenvalue weighted by Crippen LogP contribution is -1.98. The molecule has 5 nitrogen and oxygen atoms in total. The molecule has 0 atom stereocenters. The second-order valence-corrected chi connectivity index (χ2v) is 4.96. The minimum atomic E-state index is -0.426. The summed E-state index contributed by atoms with van der Waals surface area (Å²) in [6.45, 7) is 0.258. The number of ether oxygens (including phenoxy) is 1. The molecule has 106 valence electrons. The first-order valence-electron chi connectivity index (χ1n) is 6.66. The van der Waals surface area contributed by atoms with Crippen LogP contribution in [0.4, 0.5) is 5.69 Å².